The highest BCUT2D eigenvalue weighted by Crippen LogP contribution is 2.54. The first-order chi connectivity index (χ1) is 25.7. The molecule has 0 radical (unpaired) electrons. The summed E-state index contributed by atoms with van der Waals surface area (Å²) in [6.45, 7) is 19.7. The summed E-state index contributed by atoms with van der Waals surface area (Å²) in [7, 11) is 0. The zero-order valence-electron chi connectivity index (χ0n) is 32.5. The molecular formula is C51H43NO2. The Balaban J connectivity index is 1.50. The van der Waals surface area contributed by atoms with Crippen LogP contribution < -0.4 is 11.1 Å². The monoisotopic (exact) mass is 701 g/mol. The minimum atomic E-state index is -0.252. The fourth-order valence-electron chi connectivity index (χ4n) is 9.78. The van der Waals surface area contributed by atoms with Crippen LogP contribution in [-0.2, 0) is 10.8 Å². The molecule has 10 rings (SSSR count). The Kier molecular flexibility index (Phi) is 6.48. The predicted molar refractivity (Wildman–Crippen MR) is 231 cm³/mol. The van der Waals surface area contributed by atoms with Gasteiger partial charge in [0.1, 0.15) is 0 Å². The van der Waals surface area contributed by atoms with E-state index < -0.39 is 0 Å². The van der Waals surface area contributed by atoms with Crippen molar-refractivity contribution in [2.45, 2.75) is 73.1 Å². The Morgan fingerprint density at radius 3 is 1.33 bits per heavy atom. The van der Waals surface area contributed by atoms with Crippen molar-refractivity contribution in [3.05, 3.63) is 146 Å². The maximum atomic E-state index is 15.2. The lowest BCUT2D eigenvalue weighted by Gasteiger charge is -2.24. The van der Waals surface area contributed by atoms with Crippen LogP contribution in [0.5, 0.6) is 0 Å². The van der Waals surface area contributed by atoms with Crippen LogP contribution in [0.25, 0.3) is 92.6 Å². The topological polar surface area (TPSA) is 39.1 Å². The number of hydrogen-bond acceptors (Lipinski definition) is 2. The lowest BCUT2D eigenvalue weighted by atomic mass is 9.80. The largest absolute Gasteiger partial charge is 0.268 e. The van der Waals surface area contributed by atoms with E-state index in [4.69, 9.17) is 0 Å². The Morgan fingerprint density at radius 2 is 0.870 bits per heavy atom. The van der Waals surface area contributed by atoms with Crippen LogP contribution in [0.1, 0.15) is 69.4 Å². The van der Waals surface area contributed by atoms with Gasteiger partial charge >= 0.3 is 0 Å². The summed E-state index contributed by atoms with van der Waals surface area (Å²) in [4.78, 5) is 30.4. The molecule has 0 aliphatic carbocycles. The van der Waals surface area contributed by atoms with Gasteiger partial charge in [-0.05, 0) is 154 Å². The minimum absolute atomic E-state index is 0.115. The summed E-state index contributed by atoms with van der Waals surface area (Å²) in [5.41, 5.74) is 10.1. The number of aryl methyl sites for hydroxylation is 1. The Labute approximate surface area is 314 Å². The van der Waals surface area contributed by atoms with Crippen molar-refractivity contribution in [3.63, 3.8) is 0 Å². The number of aromatic nitrogens is 1. The van der Waals surface area contributed by atoms with Crippen molar-refractivity contribution in [2.24, 2.45) is 0 Å². The number of benzene rings is 8. The zero-order valence-corrected chi connectivity index (χ0v) is 32.5. The lowest BCUT2D eigenvalue weighted by Crippen LogP contribution is -2.24. The van der Waals surface area contributed by atoms with Gasteiger partial charge in [0.2, 0.25) is 0 Å². The Bertz CT molecular complexity index is 3110. The van der Waals surface area contributed by atoms with Crippen molar-refractivity contribution in [1.82, 2.24) is 4.57 Å². The molecule has 1 aromatic heterocycles. The summed E-state index contributed by atoms with van der Waals surface area (Å²) in [5, 5.41) is 12.0. The zero-order chi connectivity index (χ0) is 37.7. The van der Waals surface area contributed by atoms with E-state index in [0.29, 0.717) is 16.5 Å². The molecule has 10 aromatic rings. The van der Waals surface area contributed by atoms with Crippen molar-refractivity contribution in [2.75, 3.05) is 0 Å². The third kappa shape index (κ3) is 4.13. The van der Waals surface area contributed by atoms with E-state index in [-0.39, 0.29) is 21.9 Å². The van der Waals surface area contributed by atoms with Gasteiger partial charge in [0.25, 0.3) is 11.1 Å². The Morgan fingerprint density at radius 1 is 0.426 bits per heavy atom. The summed E-state index contributed by atoms with van der Waals surface area (Å²) in [5.74, 6) is 0. The van der Waals surface area contributed by atoms with Gasteiger partial charge in [-0.15, -0.1) is 0 Å². The highest BCUT2D eigenvalue weighted by atomic mass is 16.2. The lowest BCUT2D eigenvalue weighted by molar-refractivity contribution is 0.592. The molecule has 0 saturated carbocycles. The molecule has 264 valence electrons. The Hall–Kier alpha value is -5.80. The van der Waals surface area contributed by atoms with Gasteiger partial charge in [-0.3, -0.25) is 9.59 Å². The van der Waals surface area contributed by atoms with Gasteiger partial charge in [0.15, 0.2) is 0 Å². The molecule has 0 bridgehead atoms. The van der Waals surface area contributed by atoms with Gasteiger partial charge in [-0.2, -0.15) is 0 Å². The number of rotatable bonds is 3. The van der Waals surface area contributed by atoms with Crippen LogP contribution in [0.15, 0.2) is 107 Å². The van der Waals surface area contributed by atoms with Gasteiger partial charge in [-0.25, -0.2) is 4.57 Å². The summed E-state index contributed by atoms with van der Waals surface area (Å²) in [6, 6.07) is 34.8. The maximum absolute atomic E-state index is 15.2. The number of hydrogen-bond donors (Lipinski definition) is 0. The van der Waals surface area contributed by atoms with Crippen LogP contribution in [0.4, 0.5) is 0 Å². The van der Waals surface area contributed by atoms with Crippen LogP contribution in [0, 0.1) is 20.8 Å². The van der Waals surface area contributed by atoms with Gasteiger partial charge < -0.3 is 0 Å². The summed E-state index contributed by atoms with van der Waals surface area (Å²) in [6.07, 6.45) is 0. The van der Waals surface area contributed by atoms with Crippen LogP contribution in [0.3, 0.4) is 0 Å². The third-order valence-corrected chi connectivity index (χ3v) is 12.6. The smallest absolute Gasteiger partial charge is 0.266 e. The number of nitrogens with zero attached hydrogens (tertiary/aromatic N) is 1. The molecule has 0 aliphatic heterocycles. The molecule has 0 unspecified atom stereocenters. The normalized spacial score (nSPS) is 13.1. The average Bonchev–Trinajstić information content (AvgIpc) is 3.64. The second kappa shape index (κ2) is 10.7. The number of fused-ring (bicyclic) bond motifs is 3. The third-order valence-electron chi connectivity index (χ3n) is 12.6. The first kappa shape index (κ1) is 32.8. The van der Waals surface area contributed by atoms with Crippen molar-refractivity contribution in [3.8, 4) is 27.9 Å². The fraction of sp³-hybridized carbons (Fsp3) is 0.216. The van der Waals surface area contributed by atoms with E-state index in [0.717, 1.165) is 60.5 Å². The fourth-order valence-corrected chi connectivity index (χ4v) is 9.78. The van der Waals surface area contributed by atoms with Gasteiger partial charge in [-0.1, -0.05) is 120 Å². The first-order valence-corrected chi connectivity index (χ1v) is 19.1. The van der Waals surface area contributed by atoms with Crippen LogP contribution in [0.2, 0.25) is 0 Å². The van der Waals surface area contributed by atoms with Crippen molar-refractivity contribution < 1.29 is 0 Å². The predicted octanol–water partition coefficient (Wildman–Crippen LogP) is 12.7. The molecule has 0 amide bonds. The molecule has 0 aliphatic rings. The molecule has 0 fully saturated rings. The molecule has 0 atom stereocenters. The molecular weight excluding hydrogens is 659 g/mol. The highest BCUT2D eigenvalue weighted by molar-refractivity contribution is 6.50. The van der Waals surface area contributed by atoms with Gasteiger partial charge in [0, 0.05) is 0 Å². The molecule has 54 heavy (non-hydrogen) atoms. The minimum Gasteiger partial charge on any atom is -0.268 e. The van der Waals surface area contributed by atoms with E-state index in [1.54, 1.807) is 0 Å². The summed E-state index contributed by atoms with van der Waals surface area (Å²) < 4.78 is 1.46. The van der Waals surface area contributed by atoms with Crippen LogP contribution >= 0.6 is 0 Å². The molecule has 3 nitrogen and oxygen atoms in total. The standard InChI is InChI=1S/C51H43NO2/c1-26-18-23-40(28(3)27(26)2)52-48(53)46-36-24-34(30-14-10-12-16-38(30)50(4,5)6)32-21-19-29-20-22-33-35(31-15-11-13-17-39(31)51(7,8)9)25-37(47(46)49(52)54)45-43(33)41(29)42(32)44(36)45/h10-25H,1-9H3. The van der Waals surface area contributed by atoms with Crippen molar-refractivity contribution in [1.29, 1.82) is 0 Å². The second-order valence-corrected chi connectivity index (χ2v) is 17.7. The van der Waals surface area contributed by atoms with E-state index in [9.17, 15) is 0 Å². The first-order valence-electron chi connectivity index (χ1n) is 19.1. The second-order valence-electron chi connectivity index (χ2n) is 17.7. The van der Waals surface area contributed by atoms with Crippen LogP contribution in [-0.4, -0.2) is 4.57 Å². The SMILES string of the molecule is Cc1ccc(-n2c(=O)c3c4cc(-c5ccccc5C(C)(C)C)c5ccc6ccc7c(-c8ccccc8C(C)(C)C)cc(c3c2=O)c2c7c6c5c42)c(C)c1C. The highest BCUT2D eigenvalue weighted by Gasteiger charge is 2.31. The molecule has 1 heterocycles. The summed E-state index contributed by atoms with van der Waals surface area (Å²) >= 11 is 0. The van der Waals surface area contributed by atoms with E-state index in [2.05, 4.69) is 140 Å². The van der Waals surface area contributed by atoms with E-state index in [1.165, 1.54) is 48.0 Å². The quantitative estimate of drug-likeness (QED) is 0.172. The van der Waals surface area contributed by atoms with E-state index >= 15 is 9.59 Å². The molecule has 0 saturated heterocycles. The van der Waals surface area contributed by atoms with Crippen molar-refractivity contribution >= 4 is 64.6 Å². The maximum Gasteiger partial charge on any atom is 0.266 e. The molecule has 3 heteroatoms. The molecule has 9 aromatic carbocycles. The molecule has 0 N–H and O–H groups in total. The average molecular weight is 702 g/mol. The molecule has 0 spiro atoms. The van der Waals surface area contributed by atoms with E-state index in [1.807, 2.05) is 19.1 Å². The van der Waals surface area contributed by atoms with Gasteiger partial charge in [0.05, 0.1) is 16.5 Å².